The molecule has 2 heterocycles. The standard InChI is InChI=1S/C25H23NO2S/c1-4-26(5-2)17-11-12-20-23(15-17)28-22-13-10-16(3)14-21(22)25(20)19-9-7-6-8-18(19)24(27)29-25/h6-15H,4-5H2,1-3H3. The summed E-state index contributed by atoms with van der Waals surface area (Å²) in [5, 5.41) is 0.119. The van der Waals surface area contributed by atoms with Crippen LogP contribution in [0.15, 0.2) is 60.7 Å². The van der Waals surface area contributed by atoms with Gasteiger partial charge in [0.05, 0.1) is 0 Å². The Morgan fingerprint density at radius 2 is 1.69 bits per heavy atom. The molecule has 0 aliphatic carbocycles. The average Bonchev–Trinajstić information content (AvgIpc) is 3.03. The number of hydrogen-bond donors (Lipinski definition) is 0. The molecule has 0 fully saturated rings. The second-order valence-corrected chi connectivity index (χ2v) is 8.76. The highest BCUT2D eigenvalue weighted by atomic mass is 32.2. The molecule has 1 spiro atoms. The van der Waals surface area contributed by atoms with E-state index >= 15 is 0 Å². The van der Waals surface area contributed by atoms with Gasteiger partial charge >= 0.3 is 0 Å². The third-order valence-corrected chi connectivity index (χ3v) is 7.35. The lowest BCUT2D eigenvalue weighted by Gasteiger charge is -2.37. The first-order valence-corrected chi connectivity index (χ1v) is 10.9. The van der Waals surface area contributed by atoms with Gasteiger partial charge in [-0.15, -0.1) is 0 Å². The summed E-state index contributed by atoms with van der Waals surface area (Å²) in [6.07, 6.45) is 0. The highest BCUT2D eigenvalue weighted by Gasteiger charge is 2.52. The number of benzene rings is 3. The Labute approximate surface area is 175 Å². The van der Waals surface area contributed by atoms with Crippen molar-refractivity contribution < 1.29 is 9.53 Å². The van der Waals surface area contributed by atoms with E-state index < -0.39 is 4.75 Å². The zero-order valence-corrected chi connectivity index (χ0v) is 17.7. The molecule has 0 N–H and O–H groups in total. The normalized spacial score (nSPS) is 18.8. The van der Waals surface area contributed by atoms with E-state index in [-0.39, 0.29) is 5.12 Å². The Morgan fingerprint density at radius 1 is 0.897 bits per heavy atom. The van der Waals surface area contributed by atoms with Gasteiger partial charge in [0.2, 0.25) is 5.12 Å². The van der Waals surface area contributed by atoms with Gasteiger partial charge in [0.15, 0.2) is 0 Å². The molecular formula is C25H23NO2S. The Kier molecular flexibility index (Phi) is 4.21. The molecule has 2 aliphatic heterocycles. The lowest BCUT2D eigenvalue weighted by atomic mass is 9.79. The topological polar surface area (TPSA) is 29.5 Å². The van der Waals surface area contributed by atoms with Crippen molar-refractivity contribution in [3.05, 3.63) is 88.5 Å². The van der Waals surface area contributed by atoms with Crippen molar-refractivity contribution in [2.45, 2.75) is 25.5 Å². The Morgan fingerprint density at radius 3 is 2.48 bits per heavy atom. The summed E-state index contributed by atoms with van der Waals surface area (Å²) in [5.74, 6) is 1.67. The maximum atomic E-state index is 13.0. The zero-order valence-electron chi connectivity index (χ0n) is 16.9. The van der Waals surface area contributed by atoms with Crippen molar-refractivity contribution in [2.24, 2.45) is 0 Å². The van der Waals surface area contributed by atoms with Crippen LogP contribution in [0.5, 0.6) is 11.5 Å². The molecule has 1 atom stereocenters. The van der Waals surface area contributed by atoms with E-state index in [1.165, 1.54) is 11.8 Å². The van der Waals surface area contributed by atoms with Gasteiger partial charge in [-0.1, -0.05) is 59.8 Å². The molecule has 0 saturated heterocycles. The molecule has 0 amide bonds. The summed E-state index contributed by atoms with van der Waals surface area (Å²) in [6.45, 7) is 8.27. The quantitative estimate of drug-likeness (QED) is 0.528. The molecule has 0 radical (unpaired) electrons. The number of rotatable bonds is 3. The minimum absolute atomic E-state index is 0.119. The monoisotopic (exact) mass is 401 g/mol. The molecule has 0 bridgehead atoms. The van der Waals surface area contributed by atoms with Gasteiger partial charge in [-0.25, -0.2) is 0 Å². The van der Waals surface area contributed by atoms with E-state index in [0.29, 0.717) is 0 Å². The van der Waals surface area contributed by atoms with Gasteiger partial charge in [-0.2, -0.15) is 0 Å². The van der Waals surface area contributed by atoms with Crippen molar-refractivity contribution in [3.8, 4) is 11.5 Å². The molecule has 4 heteroatoms. The predicted molar refractivity (Wildman–Crippen MR) is 120 cm³/mol. The fraction of sp³-hybridized carbons (Fsp3) is 0.240. The molecule has 2 aliphatic rings. The Balaban J connectivity index is 1.81. The van der Waals surface area contributed by atoms with E-state index in [4.69, 9.17) is 4.74 Å². The molecule has 0 aromatic heterocycles. The van der Waals surface area contributed by atoms with Crippen LogP contribution in [0, 0.1) is 6.92 Å². The number of thioether (sulfide) groups is 1. The van der Waals surface area contributed by atoms with Crippen LogP contribution in [-0.2, 0) is 4.75 Å². The number of fused-ring (bicyclic) bond motifs is 6. The molecule has 29 heavy (non-hydrogen) atoms. The number of hydrogen-bond acceptors (Lipinski definition) is 4. The van der Waals surface area contributed by atoms with Crippen molar-refractivity contribution in [3.63, 3.8) is 0 Å². The Bertz CT molecular complexity index is 1140. The lowest BCUT2D eigenvalue weighted by molar-refractivity contribution is 0.109. The first-order chi connectivity index (χ1) is 14.1. The van der Waals surface area contributed by atoms with Crippen molar-refractivity contribution in [1.82, 2.24) is 0 Å². The van der Waals surface area contributed by atoms with Crippen LogP contribution in [0.4, 0.5) is 5.69 Å². The van der Waals surface area contributed by atoms with Gasteiger partial charge in [0, 0.05) is 41.5 Å². The number of anilines is 1. The molecule has 1 unspecified atom stereocenters. The fourth-order valence-corrected chi connectivity index (χ4v) is 5.96. The van der Waals surface area contributed by atoms with Gasteiger partial charge < -0.3 is 9.64 Å². The molecule has 3 aromatic carbocycles. The van der Waals surface area contributed by atoms with Crippen LogP contribution in [0.2, 0.25) is 0 Å². The van der Waals surface area contributed by atoms with Crippen molar-refractivity contribution in [1.29, 1.82) is 0 Å². The summed E-state index contributed by atoms with van der Waals surface area (Å²) in [5.41, 5.74) is 6.26. The van der Waals surface area contributed by atoms with E-state index in [1.807, 2.05) is 24.3 Å². The second-order valence-electron chi connectivity index (χ2n) is 7.57. The van der Waals surface area contributed by atoms with Gasteiger partial charge in [-0.3, -0.25) is 4.79 Å². The molecule has 146 valence electrons. The third kappa shape index (κ3) is 2.55. The van der Waals surface area contributed by atoms with Gasteiger partial charge in [0.1, 0.15) is 16.2 Å². The number of nitrogens with zero attached hydrogens (tertiary/aromatic N) is 1. The zero-order chi connectivity index (χ0) is 20.2. The third-order valence-electron chi connectivity index (χ3n) is 5.98. The van der Waals surface area contributed by atoms with Crippen LogP contribution < -0.4 is 9.64 Å². The minimum atomic E-state index is -0.565. The lowest BCUT2D eigenvalue weighted by Crippen LogP contribution is -2.28. The fourth-order valence-electron chi connectivity index (χ4n) is 4.56. The van der Waals surface area contributed by atoms with Crippen LogP contribution in [0.3, 0.4) is 0 Å². The number of carbonyl (C=O) groups excluding carboxylic acids is 1. The summed E-state index contributed by atoms with van der Waals surface area (Å²) in [4.78, 5) is 15.3. The van der Waals surface area contributed by atoms with E-state index in [1.54, 1.807) is 0 Å². The average molecular weight is 402 g/mol. The number of ether oxygens (including phenoxy) is 1. The minimum Gasteiger partial charge on any atom is -0.457 e. The predicted octanol–water partition coefficient (Wildman–Crippen LogP) is 6.13. The summed E-state index contributed by atoms with van der Waals surface area (Å²) < 4.78 is 5.83. The summed E-state index contributed by atoms with van der Waals surface area (Å²) >= 11 is 1.40. The second kappa shape index (κ2) is 6.67. The maximum Gasteiger partial charge on any atom is 0.221 e. The number of aryl methyl sites for hydroxylation is 1. The molecule has 0 saturated carbocycles. The molecule has 3 nitrogen and oxygen atoms in total. The van der Waals surface area contributed by atoms with Gasteiger partial charge in [-0.05, 0) is 38.5 Å². The maximum absolute atomic E-state index is 13.0. The van der Waals surface area contributed by atoms with Gasteiger partial charge in [0.25, 0.3) is 0 Å². The van der Waals surface area contributed by atoms with Crippen LogP contribution >= 0.6 is 11.8 Å². The van der Waals surface area contributed by atoms with Crippen molar-refractivity contribution >= 4 is 22.6 Å². The molecule has 3 aromatic rings. The SMILES string of the molecule is CCN(CC)c1ccc2c(c1)Oc1ccc(C)cc1C21SC(=O)c2ccccc21. The van der Waals surface area contributed by atoms with Crippen molar-refractivity contribution in [2.75, 3.05) is 18.0 Å². The number of carbonyl (C=O) groups is 1. The summed E-state index contributed by atoms with van der Waals surface area (Å²) in [6, 6.07) is 20.7. The van der Waals surface area contributed by atoms with Crippen LogP contribution in [0.25, 0.3) is 0 Å². The Hall–Kier alpha value is -2.72. The molecular weight excluding hydrogens is 378 g/mol. The highest BCUT2D eigenvalue weighted by Crippen LogP contribution is 2.62. The van der Waals surface area contributed by atoms with E-state index in [9.17, 15) is 4.79 Å². The van der Waals surface area contributed by atoms with Crippen LogP contribution in [-0.4, -0.2) is 18.2 Å². The van der Waals surface area contributed by atoms with E-state index in [0.717, 1.165) is 58.1 Å². The smallest absolute Gasteiger partial charge is 0.221 e. The first kappa shape index (κ1) is 18.3. The first-order valence-electron chi connectivity index (χ1n) is 10.1. The highest BCUT2D eigenvalue weighted by molar-refractivity contribution is 8.15. The molecule has 5 rings (SSSR count). The van der Waals surface area contributed by atoms with E-state index in [2.05, 4.69) is 62.1 Å². The summed E-state index contributed by atoms with van der Waals surface area (Å²) in [7, 11) is 0. The largest absolute Gasteiger partial charge is 0.457 e. The van der Waals surface area contributed by atoms with Crippen LogP contribution in [0.1, 0.15) is 46.5 Å².